The number of hydrogen-bond acceptors (Lipinski definition) is 3. The monoisotopic (exact) mass is 511 g/mol. The molecule has 1 saturated heterocycles. The van der Waals surface area contributed by atoms with E-state index in [0.717, 1.165) is 41.3 Å². The first kappa shape index (κ1) is 24.6. The van der Waals surface area contributed by atoms with Gasteiger partial charge in [0.15, 0.2) is 5.11 Å². The van der Waals surface area contributed by atoms with E-state index in [1.165, 1.54) is 22.6 Å². The summed E-state index contributed by atoms with van der Waals surface area (Å²) in [4.78, 5) is 27.8. The van der Waals surface area contributed by atoms with E-state index in [9.17, 15) is 14.0 Å². The van der Waals surface area contributed by atoms with Gasteiger partial charge in [-0.15, -0.1) is 0 Å². The van der Waals surface area contributed by atoms with Gasteiger partial charge in [0.2, 0.25) is 0 Å². The number of hydrogen-bond donors (Lipinski definition) is 1. The van der Waals surface area contributed by atoms with Gasteiger partial charge < -0.3 is 4.57 Å². The average Bonchev–Trinajstić information content (AvgIpc) is 3.24. The molecule has 0 spiro atoms. The van der Waals surface area contributed by atoms with Crippen molar-refractivity contribution in [1.29, 1.82) is 0 Å². The number of aryl methyl sites for hydroxylation is 1. The third-order valence-corrected chi connectivity index (χ3v) is 6.79. The summed E-state index contributed by atoms with van der Waals surface area (Å²) in [5.74, 6) is -1.28. The highest BCUT2D eigenvalue weighted by Gasteiger charge is 2.34. The Hall–Kier alpha value is -4.10. The maximum Gasteiger partial charge on any atom is 0.270 e. The second-order valence-electron chi connectivity index (χ2n) is 9.08. The zero-order valence-corrected chi connectivity index (χ0v) is 21.2. The Bertz CT molecular complexity index is 1520. The Morgan fingerprint density at radius 2 is 1.65 bits per heavy atom. The SMILES string of the molecule is CCCCc1ccc(N2C(=O)/C(=C/c3cn(Cc4ccc(F)cc4)c4ccccc34)C(=O)NC2=S)cc1. The van der Waals surface area contributed by atoms with Crippen molar-refractivity contribution in [2.45, 2.75) is 32.7 Å². The van der Waals surface area contributed by atoms with Crippen molar-refractivity contribution < 1.29 is 14.0 Å². The lowest BCUT2D eigenvalue weighted by Gasteiger charge is -2.29. The van der Waals surface area contributed by atoms with Crippen LogP contribution in [0.2, 0.25) is 0 Å². The molecule has 37 heavy (non-hydrogen) atoms. The maximum atomic E-state index is 13.5. The zero-order chi connectivity index (χ0) is 25.9. The Labute approximate surface area is 220 Å². The van der Waals surface area contributed by atoms with E-state index in [4.69, 9.17) is 12.2 Å². The molecule has 0 radical (unpaired) electrons. The first-order valence-electron chi connectivity index (χ1n) is 12.3. The third-order valence-electron chi connectivity index (χ3n) is 6.50. The molecule has 1 N–H and O–H groups in total. The van der Waals surface area contributed by atoms with Gasteiger partial charge in [-0.25, -0.2) is 4.39 Å². The molecule has 3 aromatic carbocycles. The van der Waals surface area contributed by atoms with Crippen LogP contribution in [0.1, 0.15) is 36.5 Å². The fourth-order valence-corrected chi connectivity index (χ4v) is 4.83. The van der Waals surface area contributed by atoms with E-state index < -0.39 is 11.8 Å². The van der Waals surface area contributed by atoms with Gasteiger partial charge in [-0.1, -0.05) is 55.8 Å². The first-order chi connectivity index (χ1) is 17.9. The molecule has 0 aliphatic carbocycles. The van der Waals surface area contributed by atoms with E-state index >= 15 is 0 Å². The highest BCUT2D eigenvalue weighted by molar-refractivity contribution is 7.80. The minimum absolute atomic E-state index is 0.00773. The molecular weight excluding hydrogens is 485 g/mol. The second-order valence-corrected chi connectivity index (χ2v) is 9.47. The summed E-state index contributed by atoms with van der Waals surface area (Å²) in [6.07, 6.45) is 6.70. The van der Waals surface area contributed by atoms with Crippen molar-refractivity contribution >= 4 is 51.8 Å². The zero-order valence-electron chi connectivity index (χ0n) is 20.4. The Kier molecular flexibility index (Phi) is 6.97. The first-order valence-corrected chi connectivity index (χ1v) is 12.7. The molecule has 1 aliphatic rings. The standard InChI is InChI=1S/C30H26FN3O2S/c1-2-3-6-20-11-15-24(16-12-20)34-29(36)26(28(35)32-30(34)37)17-22-19-33(27-8-5-4-7-25(22)27)18-21-9-13-23(31)14-10-21/h4-5,7-17,19H,2-3,6,18H2,1H3,(H,32,35,37)/b26-17+. The molecule has 0 unspecified atom stereocenters. The van der Waals surface area contributed by atoms with Crippen molar-refractivity contribution in [2.75, 3.05) is 4.90 Å². The fourth-order valence-electron chi connectivity index (χ4n) is 4.55. The number of rotatable bonds is 7. The van der Waals surface area contributed by atoms with Crippen LogP contribution in [0.3, 0.4) is 0 Å². The number of fused-ring (bicyclic) bond motifs is 1. The van der Waals surface area contributed by atoms with Crippen molar-refractivity contribution in [3.63, 3.8) is 0 Å². The number of amides is 2. The van der Waals surface area contributed by atoms with Gasteiger partial charge in [-0.2, -0.15) is 0 Å². The van der Waals surface area contributed by atoms with Crippen LogP contribution in [0.15, 0.2) is 84.6 Å². The van der Waals surface area contributed by atoms with Crippen LogP contribution in [0.25, 0.3) is 17.0 Å². The Morgan fingerprint density at radius 1 is 0.946 bits per heavy atom. The Balaban J connectivity index is 1.49. The molecule has 2 amide bonds. The molecule has 1 aromatic heterocycles. The van der Waals surface area contributed by atoms with Gasteiger partial charge in [-0.3, -0.25) is 19.8 Å². The molecule has 2 heterocycles. The lowest BCUT2D eigenvalue weighted by atomic mass is 10.1. The number of unbranched alkanes of at least 4 members (excludes halogenated alkanes) is 1. The van der Waals surface area contributed by atoms with Crippen molar-refractivity contribution in [3.8, 4) is 0 Å². The van der Waals surface area contributed by atoms with E-state index in [1.807, 2.05) is 59.3 Å². The molecule has 4 aromatic rings. The van der Waals surface area contributed by atoms with Crippen LogP contribution >= 0.6 is 12.2 Å². The molecule has 1 fully saturated rings. The minimum Gasteiger partial charge on any atom is -0.342 e. The van der Waals surface area contributed by atoms with Crippen LogP contribution < -0.4 is 10.2 Å². The highest BCUT2D eigenvalue weighted by Crippen LogP contribution is 2.27. The van der Waals surface area contributed by atoms with E-state index in [-0.39, 0.29) is 16.5 Å². The quantitative estimate of drug-likeness (QED) is 0.188. The Morgan fingerprint density at radius 3 is 2.38 bits per heavy atom. The van der Waals surface area contributed by atoms with Crippen LogP contribution in [0.4, 0.5) is 10.1 Å². The van der Waals surface area contributed by atoms with Gasteiger partial charge in [0, 0.05) is 29.2 Å². The molecule has 0 saturated carbocycles. The largest absolute Gasteiger partial charge is 0.342 e. The summed E-state index contributed by atoms with van der Waals surface area (Å²) >= 11 is 5.36. The third kappa shape index (κ3) is 5.08. The number of thiocarbonyl (C=S) groups is 1. The lowest BCUT2D eigenvalue weighted by Crippen LogP contribution is -2.54. The number of halogens is 1. The number of para-hydroxylation sites is 1. The molecule has 5 nitrogen and oxygen atoms in total. The summed E-state index contributed by atoms with van der Waals surface area (Å²) in [5.41, 5.74) is 4.42. The average molecular weight is 512 g/mol. The van der Waals surface area contributed by atoms with Crippen LogP contribution in [-0.2, 0) is 22.6 Å². The predicted molar refractivity (Wildman–Crippen MR) is 149 cm³/mol. The van der Waals surface area contributed by atoms with Crippen LogP contribution in [0.5, 0.6) is 0 Å². The van der Waals surface area contributed by atoms with Crippen LogP contribution in [-0.4, -0.2) is 21.5 Å². The molecule has 5 rings (SSSR count). The summed E-state index contributed by atoms with van der Waals surface area (Å²) in [6.45, 7) is 2.67. The van der Waals surface area contributed by atoms with Gasteiger partial charge in [0.25, 0.3) is 11.8 Å². The summed E-state index contributed by atoms with van der Waals surface area (Å²) in [6, 6.07) is 21.8. The summed E-state index contributed by atoms with van der Waals surface area (Å²) in [5, 5.41) is 3.63. The van der Waals surface area contributed by atoms with Crippen molar-refractivity contribution in [1.82, 2.24) is 9.88 Å². The number of anilines is 1. The number of aromatic nitrogens is 1. The number of carbonyl (C=O) groups excluding carboxylic acids is 2. The normalized spacial score (nSPS) is 15.0. The van der Waals surface area contributed by atoms with Gasteiger partial charge >= 0.3 is 0 Å². The number of carbonyl (C=O) groups is 2. The van der Waals surface area contributed by atoms with Gasteiger partial charge in [0.05, 0.1) is 5.69 Å². The maximum absolute atomic E-state index is 13.5. The molecule has 0 atom stereocenters. The smallest absolute Gasteiger partial charge is 0.270 e. The number of nitrogens with zero attached hydrogens (tertiary/aromatic N) is 2. The predicted octanol–water partition coefficient (Wildman–Crippen LogP) is 6.00. The van der Waals surface area contributed by atoms with Crippen LogP contribution in [0, 0.1) is 5.82 Å². The second kappa shape index (κ2) is 10.5. The molecule has 0 bridgehead atoms. The molecule has 186 valence electrons. The van der Waals surface area contributed by atoms with E-state index in [1.54, 1.807) is 18.2 Å². The molecule has 7 heteroatoms. The molecule has 1 aliphatic heterocycles. The van der Waals surface area contributed by atoms with E-state index in [0.29, 0.717) is 12.2 Å². The van der Waals surface area contributed by atoms with E-state index in [2.05, 4.69) is 12.2 Å². The highest BCUT2D eigenvalue weighted by atomic mass is 32.1. The number of benzene rings is 3. The summed E-state index contributed by atoms with van der Waals surface area (Å²) in [7, 11) is 0. The lowest BCUT2D eigenvalue weighted by molar-refractivity contribution is -0.122. The minimum atomic E-state index is -0.527. The van der Waals surface area contributed by atoms with Gasteiger partial charge in [0.1, 0.15) is 11.4 Å². The molecular formula is C30H26FN3O2S. The topological polar surface area (TPSA) is 54.3 Å². The fraction of sp³-hybridized carbons (Fsp3) is 0.167. The van der Waals surface area contributed by atoms with Gasteiger partial charge in [-0.05, 0) is 72.6 Å². The van der Waals surface area contributed by atoms with Crippen molar-refractivity contribution in [2.24, 2.45) is 0 Å². The van der Waals surface area contributed by atoms with Crippen molar-refractivity contribution in [3.05, 3.63) is 107 Å². The summed E-state index contributed by atoms with van der Waals surface area (Å²) < 4.78 is 15.4. The number of nitrogens with one attached hydrogen (secondary N) is 1.